The molecule has 1 aliphatic heterocycles. The van der Waals surface area contributed by atoms with E-state index in [1.165, 1.54) is 12.8 Å². The Morgan fingerprint density at radius 2 is 1.76 bits per heavy atom. The summed E-state index contributed by atoms with van der Waals surface area (Å²) >= 11 is 0. The number of rotatable bonds is 5. The first-order chi connectivity index (χ1) is 12.2. The number of aromatic hydroxyl groups is 1. The van der Waals surface area contributed by atoms with Gasteiger partial charge < -0.3 is 19.5 Å². The fourth-order valence-corrected chi connectivity index (χ4v) is 2.80. The molecular formula is C20H21NO4. The summed E-state index contributed by atoms with van der Waals surface area (Å²) < 4.78 is 10.5. The Balaban J connectivity index is 1.76. The number of aldehydes is 1. The molecule has 1 saturated heterocycles. The Morgan fingerprint density at radius 1 is 1.08 bits per heavy atom. The Morgan fingerprint density at radius 3 is 2.40 bits per heavy atom. The van der Waals surface area contributed by atoms with E-state index in [-0.39, 0.29) is 17.1 Å². The molecule has 2 aromatic carbocycles. The van der Waals surface area contributed by atoms with Gasteiger partial charge >= 0.3 is 0 Å². The van der Waals surface area contributed by atoms with Gasteiger partial charge in [0.1, 0.15) is 0 Å². The standard InChI is InChI=1S/C20H21NO4/c1-24-19-13-16(12-17(14-22)20(19)23)3-2-15-4-6-18(7-5-15)21-8-10-25-11-9-21/h2-7,12-14,23H,8-11H2,1H3. The molecule has 0 aliphatic carbocycles. The van der Waals surface area contributed by atoms with Gasteiger partial charge in [0.05, 0.1) is 25.9 Å². The number of hydrogen-bond donors (Lipinski definition) is 1. The number of phenolic OH excluding ortho intramolecular Hbond substituents is 1. The fourth-order valence-electron chi connectivity index (χ4n) is 2.80. The third-order valence-electron chi connectivity index (χ3n) is 4.21. The topological polar surface area (TPSA) is 59.0 Å². The maximum Gasteiger partial charge on any atom is 0.168 e. The van der Waals surface area contributed by atoms with Gasteiger partial charge in [0.2, 0.25) is 0 Å². The van der Waals surface area contributed by atoms with Gasteiger partial charge in [-0.25, -0.2) is 0 Å². The number of carbonyl (C=O) groups is 1. The summed E-state index contributed by atoms with van der Waals surface area (Å²) in [6.07, 6.45) is 4.47. The molecule has 5 nitrogen and oxygen atoms in total. The van der Waals surface area contributed by atoms with Gasteiger partial charge in [0.15, 0.2) is 17.8 Å². The smallest absolute Gasteiger partial charge is 0.168 e. The van der Waals surface area contributed by atoms with Gasteiger partial charge in [0.25, 0.3) is 0 Å². The average Bonchev–Trinajstić information content (AvgIpc) is 2.68. The summed E-state index contributed by atoms with van der Waals surface area (Å²) in [6, 6.07) is 11.6. The van der Waals surface area contributed by atoms with Crippen molar-refractivity contribution in [2.45, 2.75) is 0 Å². The number of morpholine rings is 1. The Hall–Kier alpha value is -2.79. The quantitative estimate of drug-likeness (QED) is 0.669. The second kappa shape index (κ2) is 7.85. The minimum Gasteiger partial charge on any atom is -0.504 e. The number of benzene rings is 2. The van der Waals surface area contributed by atoms with Crippen LogP contribution in [-0.4, -0.2) is 44.8 Å². The van der Waals surface area contributed by atoms with Gasteiger partial charge in [-0.05, 0) is 35.4 Å². The van der Waals surface area contributed by atoms with Gasteiger partial charge in [-0.15, -0.1) is 0 Å². The van der Waals surface area contributed by atoms with Gasteiger partial charge in [-0.2, -0.15) is 0 Å². The summed E-state index contributed by atoms with van der Waals surface area (Å²) in [7, 11) is 1.46. The van der Waals surface area contributed by atoms with E-state index in [4.69, 9.17) is 9.47 Å². The lowest BCUT2D eigenvalue weighted by atomic mass is 10.1. The van der Waals surface area contributed by atoms with Crippen LogP contribution in [0, 0.1) is 0 Å². The molecule has 25 heavy (non-hydrogen) atoms. The van der Waals surface area contributed by atoms with E-state index in [9.17, 15) is 9.90 Å². The Labute approximate surface area is 147 Å². The molecule has 3 rings (SSSR count). The van der Waals surface area contributed by atoms with Crippen molar-refractivity contribution >= 4 is 24.1 Å². The van der Waals surface area contributed by atoms with E-state index in [0.717, 1.165) is 37.4 Å². The summed E-state index contributed by atoms with van der Waals surface area (Å²) in [4.78, 5) is 13.4. The Bertz CT molecular complexity index is 762. The van der Waals surface area contributed by atoms with Crippen LogP contribution in [0.15, 0.2) is 36.4 Å². The van der Waals surface area contributed by atoms with E-state index in [1.807, 2.05) is 12.2 Å². The molecule has 0 saturated carbocycles. The second-order valence-electron chi connectivity index (χ2n) is 5.80. The predicted molar refractivity (Wildman–Crippen MR) is 98.4 cm³/mol. The van der Waals surface area contributed by atoms with Gasteiger partial charge in [-0.3, -0.25) is 4.79 Å². The molecule has 130 valence electrons. The highest BCUT2D eigenvalue weighted by molar-refractivity contribution is 5.84. The van der Waals surface area contributed by atoms with Crippen LogP contribution in [0.5, 0.6) is 11.5 Å². The molecule has 0 spiro atoms. The number of nitrogens with zero attached hydrogens (tertiary/aromatic N) is 1. The summed E-state index contributed by atoms with van der Waals surface area (Å²) in [5.74, 6) is 0.149. The number of hydrogen-bond acceptors (Lipinski definition) is 5. The van der Waals surface area contributed by atoms with Crippen LogP contribution in [0.2, 0.25) is 0 Å². The van der Waals surface area contributed by atoms with Crippen LogP contribution in [-0.2, 0) is 4.74 Å². The van der Waals surface area contributed by atoms with Crippen molar-refractivity contribution < 1.29 is 19.4 Å². The molecule has 1 aliphatic rings. The lowest BCUT2D eigenvalue weighted by molar-refractivity contribution is 0.112. The lowest BCUT2D eigenvalue weighted by Crippen LogP contribution is -2.36. The molecule has 0 unspecified atom stereocenters. The highest BCUT2D eigenvalue weighted by Gasteiger charge is 2.11. The van der Waals surface area contributed by atoms with Crippen molar-refractivity contribution in [3.8, 4) is 11.5 Å². The Kier molecular flexibility index (Phi) is 5.36. The number of phenols is 1. The minimum atomic E-state index is -0.135. The normalized spacial score (nSPS) is 14.7. The second-order valence-corrected chi connectivity index (χ2v) is 5.80. The molecule has 1 heterocycles. The molecule has 5 heteroatoms. The number of carbonyl (C=O) groups excluding carboxylic acids is 1. The van der Waals surface area contributed by atoms with Crippen molar-refractivity contribution in [3.05, 3.63) is 53.1 Å². The van der Waals surface area contributed by atoms with Crippen LogP contribution < -0.4 is 9.64 Å². The van der Waals surface area contributed by atoms with E-state index in [1.54, 1.807) is 12.1 Å². The largest absolute Gasteiger partial charge is 0.504 e. The zero-order valence-corrected chi connectivity index (χ0v) is 14.1. The zero-order chi connectivity index (χ0) is 17.6. The highest BCUT2D eigenvalue weighted by Crippen LogP contribution is 2.31. The van der Waals surface area contributed by atoms with Crippen molar-refractivity contribution in [2.75, 3.05) is 38.3 Å². The summed E-state index contributed by atoms with van der Waals surface area (Å²) in [6.45, 7) is 3.36. The first kappa shape index (κ1) is 17.0. The average molecular weight is 339 g/mol. The first-order valence-electron chi connectivity index (χ1n) is 8.18. The van der Waals surface area contributed by atoms with Crippen molar-refractivity contribution in [3.63, 3.8) is 0 Å². The molecule has 0 radical (unpaired) electrons. The molecule has 0 aromatic heterocycles. The lowest BCUT2D eigenvalue weighted by Gasteiger charge is -2.28. The molecule has 1 N–H and O–H groups in total. The number of methoxy groups -OCH3 is 1. The fraction of sp³-hybridized carbons (Fsp3) is 0.250. The third kappa shape index (κ3) is 4.00. The SMILES string of the molecule is COc1cc(C=Cc2ccc(N3CCOCC3)cc2)cc(C=O)c1O. The maximum absolute atomic E-state index is 11.1. The molecule has 0 atom stereocenters. The summed E-state index contributed by atoms with van der Waals surface area (Å²) in [5, 5.41) is 9.86. The molecular weight excluding hydrogens is 318 g/mol. The zero-order valence-electron chi connectivity index (χ0n) is 14.1. The molecule has 0 amide bonds. The van der Waals surface area contributed by atoms with E-state index in [0.29, 0.717) is 6.29 Å². The maximum atomic E-state index is 11.1. The molecule has 2 aromatic rings. The van der Waals surface area contributed by atoms with Crippen LogP contribution >= 0.6 is 0 Å². The van der Waals surface area contributed by atoms with Crippen molar-refractivity contribution in [1.29, 1.82) is 0 Å². The monoisotopic (exact) mass is 339 g/mol. The highest BCUT2D eigenvalue weighted by atomic mass is 16.5. The number of ether oxygens (including phenoxy) is 2. The third-order valence-corrected chi connectivity index (χ3v) is 4.21. The van der Waals surface area contributed by atoms with E-state index < -0.39 is 0 Å². The molecule has 0 bridgehead atoms. The minimum absolute atomic E-state index is 0.135. The number of anilines is 1. The van der Waals surface area contributed by atoms with Crippen LogP contribution in [0.3, 0.4) is 0 Å². The van der Waals surface area contributed by atoms with Gasteiger partial charge in [-0.1, -0.05) is 24.3 Å². The van der Waals surface area contributed by atoms with Crippen LogP contribution in [0.1, 0.15) is 21.5 Å². The van der Waals surface area contributed by atoms with Crippen molar-refractivity contribution in [2.24, 2.45) is 0 Å². The van der Waals surface area contributed by atoms with E-state index in [2.05, 4.69) is 29.2 Å². The summed E-state index contributed by atoms with van der Waals surface area (Å²) in [5.41, 5.74) is 3.24. The van der Waals surface area contributed by atoms with Crippen molar-refractivity contribution in [1.82, 2.24) is 0 Å². The predicted octanol–water partition coefficient (Wildman–Crippen LogP) is 3.22. The van der Waals surface area contributed by atoms with Gasteiger partial charge in [0, 0.05) is 18.8 Å². The molecule has 1 fully saturated rings. The van der Waals surface area contributed by atoms with E-state index >= 15 is 0 Å². The van der Waals surface area contributed by atoms with Crippen LogP contribution in [0.25, 0.3) is 12.2 Å². The van der Waals surface area contributed by atoms with Crippen LogP contribution in [0.4, 0.5) is 5.69 Å². The first-order valence-corrected chi connectivity index (χ1v) is 8.18.